The van der Waals surface area contributed by atoms with E-state index in [0.29, 0.717) is 17.1 Å². The standard InChI is InChI=1S/C13H22N2OS/c1-3-9(2)11-12(16)15(13(17)14-11)10-7-5-4-6-8-10/h9-11H,3-8H2,1-2H3,(H,14,17)/t9-,11+/m0/s1. The Kier molecular flexibility index (Phi) is 4.02. The van der Waals surface area contributed by atoms with E-state index in [1.807, 2.05) is 4.90 Å². The van der Waals surface area contributed by atoms with E-state index in [1.165, 1.54) is 19.3 Å². The second-order valence-electron chi connectivity index (χ2n) is 5.31. The molecule has 0 bridgehead atoms. The van der Waals surface area contributed by atoms with Gasteiger partial charge in [0.05, 0.1) is 0 Å². The van der Waals surface area contributed by atoms with Gasteiger partial charge in [-0.15, -0.1) is 0 Å². The van der Waals surface area contributed by atoms with Crippen molar-refractivity contribution in [3.63, 3.8) is 0 Å². The molecule has 1 aliphatic heterocycles. The quantitative estimate of drug-likeness (QED) is 0.785. The van der Waals surface area contributed by atoms with Crippen molar-refractivity contribution in [2.24, 2.45) is 5.92 Å². The van der Waals surface area contributed by atoms with E-state index in [0.717, 1.165) is 19.3 Å². The molecule has 17 heavy (non-hydrogen) atoms. The normalized spacial score (nSPS) is 28.4. The highest BCUT2D eigenvalue weighted by atomic mass is 32.1. The zero-order chi connectivity index (χ0) is 12.4. The van der Waals surface area contributed by atoms with Crippen LogP contribution in [0.25, 0.3) is 0 Å². The van der Waals surface area contributed by atoms with Crippen molar-refractivity contribution in [3.8, 4) is 0 Å². The monoisotopic (exact) mass is 254 g/mol. The molecule has 0 aromatic carbocycles. The minimum Gasteiger partial charge on any atom is -0.350 e. The summed E-state index contributed by atoms with van der Waals surface area (Å²) in [5, 5.41) is 3.87. The van der Waals surface area contributed by atoms with Gasteiger partial charge in [0.25, 0.3) is 5.91 Å². The van der Waals surface area contributed by atoms with Gasteiger partial charge in [0.15, 0.2) is 5.11 Å². The molecule has 2 aliphatic rings. The fraction of sp³-hybridized carbons (Fsp3) is 0.846. The maximum absolute atomic E-state index is 12.4. The molecule has 1 heterocycles. The number of carbonyl (C=O) groups excluding carboxylic acids is 1. The van der Waals surface area contributed by atoms with Crippen molar-refractivity contribution in [1.29, 1.82) is 0 Å². The van der Waals surface area contributed by atoms with E-state index >= 15 is 0 Å². The maximum Gasteiger partial charge on any atom is 0.251 e. The first kappa shape index (κ1) is 12.8. The molecule has 1 saturated carbocycles. The van der Waals surface area contributed by atoms with E-state index in [2.05, 4.69) is 19.2 Å². The predicted octanol–water partition coefficient (Wildman–Crippen LogP) is 2.45. The summed E-state index contributed by atoms with van der Waals surface area (Å²) in [6, 6.07) is 0.264. The van der Waals surface area contributed by atoms with Gasteiger partial charge in [0.2, 0.25) is 0 Å². The minimum atomic E-state index is -0.0885. The lowest BCUT2D eigenvalue weighted by molar-refractivity contribution is -0.130. The second-order valence-corrected chi connectivity index (χ2v) is 5.70. The summed E-state index contributed by atoms with van der Waals surface area (Å²) in [6.07, 6.45) is 6.98. The molecule has 1 saturated heterocycles. The first-order valence-electron chi connectivity index (χ1n) is 6.78. The highest BCUT2D eigenvalue weighted by Gasteiger charge is 2.41. The molecular formula is C13H22N2OS. The van der Waals surface area contributed by atoms with Crippen LogP contribution in [0.3, 0.4) is 0 Å². The molecule has 0 radical (unpaired) electrons. The zero-order valence-corrected chi connectivity index (χ0v) is 11.6. The Bertz CT molecular complexity index is 313. The number of carbonyl (C=O) groups is 1. The first-order valence-corrected chi connectivity index (χ1v) is 7.19. The minimum absolute atomic E-state index is 0.0885. The summed E-state index contributed by atoms with van der Waals surface area (Å²) >= 11 is 5.34. The SMILES string of the molecule is CC[C@H](C)[C@H]1NC(=S)N(C2CCCCC2)C1=O. The van der Waals surface area contributed by atoms with Crippen LogP contribution in [0.1, 0.15) is 52.4 Å². The number of nitrogens with one attached hydrogen (secondary N) is 1. The van der Waals surface area contributed by atoms with E-state index < -0.39 is 0 Å². The van der Waals surface area contributed by atoms with Gasteiger partial charge in [-0.25, -0.2) is 0 Å². The van der Waals surface area contributed by atoms with Gasteiger partial charge >= 0.3 is 0 Å². The molecule has 2 rings (SSSR count). The molecule has 1 aliphatic carbocycles. The molecule has 1 N–H and O–H groups in total. The Hall–Kier alpha value is -0.640. The van der Waals surface area contributed by atoms with Crippen molar-refractivity contribution in [1.82, 2.24) is 10.2 Å². The van der Waals surface area contributed by atoms with Crippen LogP contribution in [0.4, 0.5) is 0 Å². The van der Waals surface area contributed by atoms with E-state index in [-0.39, 0.29) is 11.9 Å². The van der Waals surface area contributed by atoms with Gasteiger partial charge in [-0.3, -0.25) is 9.69 Å². The van der Waals surface area contributed by atoms with Gasteiger partial charge in [0, 0.05) is 6.04 Å². The van der Waals surface area contributed by atoms with Gasteiger partial charge < -0.3 is 5.32 Å². The van der Waals surface area contributed by atoms with Gasteiger partial charge in [0.1, 0.15) is 6.04 Å². The third-order valence-corrected chi connectivity index (χ3v) is 4.47. The van der Waals surface area contributed by atoms with Crippen LogP contribution in [0.15, 0.2) is 0 Å². The highest BCUT2D eigenvalue weighted by Crippen LogP contribution is 2.27. The van der Waals surface area contributed by atoms with Crippen LogP contribution < -0.4 is 5.32 Å². The number of nitrogens with zero attached hydrogens (tertiary/aromatic N) is 1. The largest absolute Gasteiger partial charge is 0.350 e. The molecule has 0 aromatic heterocycles. The van der Waals surface area contributed by atoms with Crippen molar-refractivity contribution in [2.75, 3.05) is 0 Å². The molecule has 0 spiro atoms. The lowest BCUT2D eigenvalue weighted by atomic mass is 9.93. The second kappa shape index (κ2) is 5.34. The third kappa shape index (κ3) is 2.46. The molecule has 0 aromatic rings. The maximum atomic E-state index is 12.4. The van der Waals surface area contributed by atoms with Gasteiger partial charge in [-0.2, -0.15) is 0 Å². The molecular weight excluding hydrogens is 232 g/mol. The molecule has 1 amide bonds. The molecule has 96 valence electrons. The summed E-state index contributed by atoms with van der Waals surface area (Å²) in [4.78, 5) is 14.3. The van der Waals surface area contributed by atoms with Crippen LogP contribution in [0.5, 0.6) is 0 Å². The van der Waals surface area contributed by atoms with Crippen molar-refractivity contribution < 1.29 is 4.79 Å². The van der Waals surface area contributed by atoms with E-state index in [9.17, 15) is 4.79 Å². The van der Waals surface area contributed by atoms with E-state index in [4.69, 9.17) is 12.2 Å². The average molecular weight is 254 g/mol. The molecule has 4 heteroatoms. The predicted molar refractivity (Wildman–Crippen MR) is 72.7 cm³/mol. The lowest BCUT2D eigenvalue weighted by Gasteiger charge is -2.30. The topological polar surface area (TPSA) is 32.3 Å². The van der Waals surface area contributed by atoms with Crippen molar-refractivity contribution in [3.05, 3.63) is 0 Å². The lowest BCUT2D eigenvalue weighted by Crippen LogP contribution is -2.42. The third-order valence-electron chi connectivity index (χ3n) is 4.15. The number of hydrogen-bond donors (Lipinski definition) is 1. The van der Waals surface area contributed by atoms with E-state index in [1.54, 1.807) is 0 Å². The summed E-state index contributed by atoms with van der Waals surface area (Å²) < 4.78 is 0. The Morgan fingerprint density at radius 1 is 1.41 bits per heavy atom. The first-order chi connectivity index (χ1) is 8.15. The molecule has 0 unspecified atom stereocenters. The summed E-state index contributed by atoms with van der Waals surface area (Å²) in [6.45, 7) is 4.23. The molecule has 2 atom stereocenters. The number of amides is 1. The molecule has 3 nitrogen and oxygen atoms in total. The van der Waals surface area contributed by atoms with Gasteiger partial charge in [-0.05, 0) is 31.0 Å². The Morgan fingerprint density at radius 3 is 2.65 bits per heavy atom. The Labute approximate surface area is 109 Å². The average Bonchev–Trinajstić information content (AvgIpc) is 2.65. The Balaban J connectivity index is 2.07. The van der Waals surface area contributed by atoms with Crippen LogP contribution in [-0.4, -0.2) is 28.0 Å². The fourth-order valence-electron chi connectivity index (χ4n) is 2.82. The Morgan fingerprint density at radius 2 is 2.06 bits per heavy atom. The van der Waals surface area contributed by atoms with Crippen LogP contribution in [-0.2, 0) is 4.79 Å². The van der Waals surface area contributed by atoms with Crippen molar-refractivity contribution >= 4 is 23.2 Å². The summed E-state index contributed by atoms with van der Waals surface area (Å²) in [7, 11) is 0. The number of hydrogen-bond acceptors (Lipinski definition) is 2. The molecule has 2 fully saturated rings. The fourth-order valence-corrected chi connectivity index (χ4v) is 3.19. The van der Waals surface area contributed by atoms with Crippen molar-refractivity contribution in [2.45, 2.75) is 64.5 Å². The smallest absolute Gasteiger partial charge is 0.251 e. The van der Waals surface area contributed by atoms with Gasteiger partial charge in [-0.1, -0.05) is 39.5 Å². The number of rotatable bonds is 3. The van der Waals surface area contributed by atoms with Crippen LogP contribution in [0.2, 0.25) is 0 Å². The zero-order valence-electron chi connectivity index (χ0n) is 10.7. The van der Waals surface area contributed by atoms with Crippen LogP contribution in [0, 0.1) is 5.92 Å². The number of thiocarbonyl (C=S) groups is 1. The summed E-state index contributed by atoms with van der Waals surface area (Å²) in [5.41, 5.74) is 0. The summed E-state index contributed by atoms with van der Waals surface area (Å²) in [5.74, 6) is 0.560. The van der Waals surface area contributed by atoms with Crippen LogP contribution >= 0.6 is 12.2 Å². The highest BCUT2D eigenvalue weighted by molar-refractivity contribution is 7.80.